The molecule has 2 atom stereocenters. The van der Waals surface area contributed by atoms with Crippen molar-refractivity contribution in [3.8, 4) is 11.5 Å². The maximum absolute atomic E-state index is 14.2. The molecule has 3 aromatic rings. The molecule has 0 unspecified atom stereocenters. The van der Waals surface area contributed by atoms with Crippen LogP contribution in [0.3, 0.4) is 0 Å². The number of aliphatic imine (C=N–C) groups is 1. The highest BCUT2D eigenvalue weighted by Crippen LogP contribution is 2.43. The zero-order valence-corrected chi connectivity index (χ0v) is 25.9. The lowest BCUT2D eigenvalue weighted by Crippen LogP contribution is -2.49. The first-order valence-electron chi connectivity index (χ1n) is 14.9. The van der Waals surface area contributed by atoms with Gasteiger partial charge in [-0.05, 0) is 81.1 Å². The van der Waals surface area contributed by atoms with Gasteiger partial charge in [0.15, 0.2) is 11.6 Å². The molecule has 0 fully saturated rings. The molecule has 4 rings (SSSR count). The standard InChI is InChI=1S/C35H42N2O7/c1-34(2,3)44-30(39)18-20-35(33(40)36-21-19-25-10-8-13-29(24-25)41-4)31(26-11-6-5-7-12-26)43-32(37-35)27-14-16-28(17-15-27)42-23-9-22-38/h5-8,10-17,24,31,38H,9,18-23H2,1-4H3,(H,36,40)/t31-,35-/m1/s1. The number of aliphatic hydroxyl groups is 1. The highest BCUT2D eigenvalue weighted by atomic mass is 16.6. The number of methoxy groups -OCH3 is 1. The highest BCUT2D eigenvalue weighted by Gasteiger charge is 2.53. The minimum atomic E-state index is -1.43. The van der Waals surface area contributed by atoms with Gasteiger partial charge in [-0.25, -0.2) is 4.99 Å². The number of esters is 1. The van der Waals surface area contributed by atoms with Crippen LogP contribution in [0.5, 0.6) is 11.5 Å². The Morgan fingerprint density at radius 2 is 1.75 bits per heavy atom. The van der Waals surface area contributed by atoms with Crippen LogP contribution in [0.1, 0.15) is 62.8 Å². The van der Waals surface area contributed by atoms with Crippen LogP contribution in [0.2, 0.25) is 0 Å². The summed E-state index contributed by atoms with van der Waals surface area (Å²) in [5.74, 6) is 0.937. The molecule has 0 radical (unpaired) electrons. The van der Waals surface area contributed by atoms with Gasteiger partial charge in [-0.3, -0.25) is 9.59 Å². The summed E-state index contributed by atoms with van der Waals surface area (Å²) in [7, 11) is 1.62. The molecular formula is C35H42N2O7. The zero-order chi connectivity index (χ0) is 31.6. The minimum Gasteiger partial charge on any atom is -0.497 e. The van der Waals surface area contributed by atoms with E-state index in [1.54, 1.807) is 19.2 Å². The Kier molecular flexibility index (Phi) is 11.0. The monoisotopic (exact) mass is 602 g/mol. The molecule has 0 spiro atoms. The second-order valence-corrected chi connectivity index (χ2v) is 11.6. The van der Waals surface area contributed by atoms with Crippen LogP contribution in [-0.4, -0.2) is 60.9 Å². The van der Waals surface area contributed by atoms with Crippen molar-refractivity contribution >= 4 is 17.8 Å². The third kappa shape index (κ3) is 8.60. The van der Waals surface area contributed by atoms with Gasteiger partial charge >= 0.3 is 5.97 Å². The van der Waals surface area contributed by atoms with Crippen molar-refractivity contribution in [2.24, 2.45) is 4.99 Å². The summed E-state index contributed by atoms with van der Waals surface area (Å²) in [5, 5.41) is 12.1. The van der Waals surface area contributed by atoms with E-state index >= 15 is 0 Å². The Morgan fingerprint density at radius 1 is 1.00 bits per heavy atom. The molecule has 0 aliphatic carbocycles. The van der Waals surface area contributed by atoms with Crippen LogP contribution >= 0.6 is 0 Å². The Labute approximate surface area is 259 Å². The average molecular weight is 603 g/mol. The maximum Gasteiger partial charge on any atom is 0.306 e. The minimum absolute atomic E-state index is 0.0261. The van der Waals surface area contributed by atoms with Crippen molar-refractivity contribution in [2.45, 2.75) is 63.7 Å². The third-order valence-electron chi connectivity index (χ3n) is 7.10. The molecule has 3 aromatic carbocycles. The molecule has 1 amide bonds. The number of amides is 1. The van der Waals surface area contributed by atoms with Gasteiger partial charge in [-0.15, -0.1) is 0 Å². The fourth-order valence-electron chi connectivity index (χ4n) is 4.98. The smallest absolute Gasteiger partial charge is 0.306 e. The quantitative estimate of drug-likeness (QED) is 0.193. The van der Waals surface area contributed by atoms with Gasteiger partial charge in [-0.2, -0.15) is 0 Å². The van der Waals surface area contributed by atoms with Gasteiger partial charge in [0, 0.05) is 31.6 Å². The lowest BCUT2D eigenvalue weighted by molar-refractivity contribution is -0.155. The Hall–Kier alpha value is -4.37. The van der Waals surface area contributed by atoms with E-state index in [4.69, 9.17) is 29.0 Å². The molecule has 0 saturated heterocycles. The number of carbonyl (C=O) groups is 2. The van der Waals surface area contributed by atoms with E-state index in [2.05, 4.69) is 5.32 Å². The molecule has 0 bridgehead atoms. The number of ether oxygens (including phenoxy) is 4. The number of hydrogen-bond donors (Lipinski definition) is 2. The molecule has 9 nitrogen and oxygen atoms in total. The molecule has 234 valence electrons. The number of carbonyl (C=O) groups excluding carboxylic acids is 2. The van der Waals surface area contributed by atoms with Crippen LogP contribution in [0.4, 0.5) is 0 Å². The SMILES string of the molecule is COc1cccc(CCNC(=O)[C@]2(CCC(=O)OC(C)(C)C)N=C(c3ccc(OCCCO)cc3)O[C@@H]2c2ccccc2)c1. The first kappa shape index (κ1) is 32.5. The zero-order valence-electron chi connectivity index (χ0n) is 25.9. The molecule has 0 aromatic heterocycles. The van der Waals surface area contributed by atoms with Crippen molar-refractivity contribution in [2.75, 3.05) is 26.9 Å². The topological polar surface area (TPSA) is 116 Å². The maximum atomic E-state index is 14.2. The highest BCUT2D eigenvalue weighted by molar-refractivity contribution is 6.01. The predicted molar refractivity (Wildman–Crippen MR) is 168 cm³/mol. The molecule has 9 heteroatoms. The lowest BCUT2D eigenvalue weighted by atomic mass is 9.83. The Balaban J connectivity index is 1.65. The summed E-state index contributed by atoms with van der Waals surface area (Å²) in [6.45, 7) is 6.23. The molecular weight excluding hydrogens is 560 g/mol. The predicted octanol–water partition coefficient (Wildman–Crippen LogP) is 5.19. The van der Waals surface area contributed by atoms with Crippen LogP contribution in [0.15, 0.2) is 83.9 Å². The number of rotatable bonds is 14. The van der Waals surface area contributed by atoms with Crippen molar-refractivity contribution in [1.82, 2.24) is 5.32 Å². The molecule has 1 aliphatic rings. The van der Waals surface area contributed by atoms with Crippen LogP contribution in [0.25, 0.3) is 0 Å². The number of aliphatic hydroxyl groups excluding tert-OH is 1. The van der Waals surface area contributed by atoms with Crippen molar-refractivity contribution in [3.63, 3.8) is 0 Å². The van der Waals surface area contributed by atoms with Crippen LogP contribution in [-0.2, 0) is 25.5 Å². The van der Waals surface area contributed by atoms with E-state index in [9.17, 15) is 9.59 Å². The van der Waals surface area contributed by atoms with Gasteiger partial charge in [0.2, 0.25) is 5.90 Å². The Bertz CT molecular complexity index is 1420. The Morgan fingerprint density at radius 3 is 2.43 bits per heavy atom. The largest absolute Gasteiger partial charge is 0.497 e. The van der Waals surface area contributed by atoms with Crippen molar-refractivity contribution < 1.29 is 33.6 Å². The fraction of sp³-hybridized carbons (Fsp3) is 0.400. The van der Waals surface area contributed by atoms with Crippen molar-refractivity contribution in [1.29, 1.82) is 0 Å². The summed E-state index contributed by atoms with van der Waals surface area (Å²) >= 11 is 0. The fourth-order valence-corrected chi connectivity index (χ4v) is 4.98. The summed E-state index contributed by atoms with van der Waals surface area (Å²) < 4.78 is 23.1. The molecule has 0 saturated carbocycles. The van der Waals surface area contributed by atoms with Crippen LogP contribution < -0.4 is 14.8 Å². The second kappa shape index (κ2) is 14.9. The van der Waals surface area contributed by atoms with Gasteiger partial charge in [0.25, 0.3) is 5.91 Å². The summed E-state index contributed by atoms with van der Waals surface area (Å²) in [4.78, 5) is 32.1. The summed E-state index contributed by atoms with van der Waals surface area (Å²) in [5.41, 5.74) is 0.355. The molecule has 1 heterocycles. The number of nitrogens with zero attached hydrogens (tertiary/aromatic N) is 1. The lowest BCUT2D eigenvalue weighted by Gasteiger charge is -2.31. The average Bonchev–Trinajstić information content (AvgIpc) is 3.41. The molecule has 44 heavy (non-hydrogen) atoms. The summed E-state index contributed by atoms with van der Waals surface area (Å²) in [6, 6.07) is 24.4. The first-order chi connectivity index (χ1) is 21.1. The summed E-state index contributed by atoms with van der Waals surface area (Å²) in [6.07, 6.45) is 0.387. The van der Waals surface area contributed by atoms with Crippen LogP contribution in [0, 0.1) is 0 Å². The number of benzene rings is 3. The molecule has 1 aliphatic heterocycles. The van der Waals surface area contributed by atoms with E-state index in [1.165, 1.54) is 0 Å². The van der Waals surface area contributed by atoms with E-state index in [1.807, 2.05) is 87.5 Å². The van der Waals surface area contributed by atoms with Gasteiger partial charge in [0.05, 0.1) is 13.7 Å². The van der Waals surface area contributed by atoms with Gasteiger partial charge in [0.1, 0.15) is 17.1 Å². The van der Waals surface area contributed by atoms with E-state index in [0.29, 0.717) is 43.2 Å². The molecule has 2 N–H and O–H groups in total. The second-order valence-electron chi connectivity index (χ2n) is 11.6. The van der Waals surface area contributed by atoms with E-state index in [-0.39, 0.29) is 25.4 Å². The van der Waals surface area contributed by atoms with E-state index < -0.39 is 23.2 Å². The first-order valence-corrected chi connectivity index (χ1v) is 14.9. The van der Waals surface area contributed by atoms with E-state index in [0.717, 1.165) is 16.9 Å². The van der Waals surface area contributed by atoms with Crippen molar-refractivity contribution in [3.05, 3.63) is 95.6 Å². The van der Waals surface area contributed by atoms with Gasteiger partial charge in [-0.1, -0.05) is 42.5 Å². The van der Waals surface area contributed by atoms with Gasteiger partial charge < -0.3 is 29.4 Å². The number of nitrogens with one attached hydrogen (secondary N) is 1. The third-order valence-corrected chi connectivity index (χ3v) is 7.10. The number of hydrogen-bond acceptors (Lipinski definition) is 8. The normalized spacial score (nSPS) is 17.8.